The van der Waals surface area contributed by atoms with Crippen LogP contribution in [0, 0.1) is 5.41 Å². The Bertz CT molecular complexity index is 499. The van der Waals surface area contributed by atoms with Crippen LogP contribution in [0.25, 0.3) is 0 Å². The molecule has 2 aliphatic heterocycles. The van der Waals surface area contributed by atoms with E-state index < -0.39 is 0 Å². The Kier molecular flexibility index (Phi) is 3.66. The van der Waals surface area contributed by atoms with Gasteiger partial charge in [-0.05, 0) is 38.4 Å². The molecule has 4 heteroatoms. The number of benzene rings is 1. The lowest BCUT2D eigenvalue weighted by molar-refractivity contribution is 0.115. The van der Waals surface area contributed by atoms with Crippen LogP contribution in [0.2, 0.25) is 0 Å². The van der Waals surface area contributed by atoms with Crippen molar-refractivity contribution in [3.05, 3.63) is 29.8 Å². The molecule has 0 amide bonds. The number of para-hydroxylation sites is 1. The zero-order chi connectivity index (χ0) is 14.1. The molecule has 0 aromatic heterocycles. The topological polar surface area (TPSA) is 56.4 Å². The lowest BCUT2D eigenvalue weighted by Gasteiger charge is -2.48. The summed E-state index contributed by atoms with van der Waals surface area (Å²) in [4.78, 5) is 5.09. The maximum absolute atomic E-state index is 7.78. The molecular formula is C16H24N4. The van der Waals surface area contributed by atoms with Crippen LogP contribution >= 0.6 is 0 Å². The van der Waals surface area contributed by atoms with Gasteiger partial charge in [0.1, 0.15) is 5.84 Å². The van der Waals surface area contributed by atoms with Crippen molar-refractivity contribution in [3.63, 3.8) is 0 Å². The predicted molar refractivity (Wildman–Crippen MR) is 83.5 cm³/mol. The molecule has 0 radical (unpaired) electrons. The van der Waals surface area contributed by atoms with E-state index in [0.717, 1.165) is 24.3 Å². The molecule has 2 fully saturated rings. The van der Waals surface area contributed by atoms with E-state index in [1.54, 1.807) is 0 Å². The van der Waals surface area contributed by atoms with Crippen LogP contribution in [0.15, 0.2) is 24.3 Å². The van der Waals surface area contributed by atoms with E-state index in [0.29, 0.717) is 12.1 Å². The number of rotatable bonds is 2. The number of nitrogens with zero attached hydrogens (tertiary/aromatic N) is 2. The molecule has 1 aromatic carbocycles. The van der Waals surface area contributed by atoms with Gasteiger partial charge in [0.05, 0.1) is 0 Å². The first-order valence-corrected chi connectivity index (χ1v) is 7.61. The summed E-state index contributed by atoms with van der Waals surface area (Å²) in [5.74, 6) is 0.166. The molecule has 0 aliphatic carbocycles. The van der Waals surface area contributed by atoms with Crippen molar-refractivity contribution in [2.45, 2.75) is 38.3 Å². The molecule has 2 atom stereocenters. The molecule has 0 spiro atoms. The molecule has 108 valence electrons. The monoisotopic (exact) mass is 272 g/mol. The minimum Gasteiger partial charge on any atom is -0.384 e. The number of piperidine rings is 1. The number of fused-ring (bicyclic) bond motifs is 1. The first-order valence-electron chi connectivity index (χ1n) is 7.61. The molecule has 4 nitrogen and oxygen atoms in total. The maximum atomic E-state index is 7.78. The molecule has 2 saturated heterocycles. The molecule has 1 aromatic rings. The van der Waals surface area contributed by atoms with Gasteiger partial charge in [0.2, 0.25) is 0 Å². The Morgan fingerprint density at radius 2 is 2.05 bits per heavy atom. The second kappa shape index (κ2) is 5.44. The smallest absolute Gasteiger partial charge is 0.124 e. The van der Waals surface area contributed by atoms with Gasteiger partial charge in [0.25, 0.3) is 0 Å². The minimum atomic E-state index is 0.166. The molecule has 20 heavy (non-hydrogen) atoms. The van der Waals surface area contributed by atoms with Gasteiger partial charge in [-0.15, -0.1) is 0 Å². The average molecular weight is 272 g/mol. The fraction of sp³-hybridized carbons (Fsp3) is 0.562. The molecule has 2 unspecified atom stereocenters. The van der Waals surface area contributed by atoms with E-state index >= 15 is 0 Å². The number of nitrogen functional groups attached to an aromatic ring is 1. The van der Waals surface area contributed by atoms with Gasteiger partial charge in [0, 0.05) is 36.4 Å². The quantitative estimate of drug-likeness (QED) is 0.640. The Hall–Kier alpha value is -1.55. The average Bonchev–Trinajstić information content (AvgIpc) is 2.46. The first kappa shape index (κ1) is 13.4. The van der Waals surface area contributed by atoms with Gasteiger partial charge in [-0.3, -0.25) is 10.3 Å². The number of nitrogens with two attached hydrogens (primary N) is 1. The summed E-state index contributed by atoms with van der Waals surface area (Å²) in [7, 11) is 0. The number of amidine groups is 1. The summed E-state index contributed by atoms with van der Waals surface area (Å²) in [5, 5.41) is 7.78. The first-order chi connectivity index (χ1) is 9.66. The van der Waals surface area contributed by atoms with Crippen LogP contribution in [0.1, 0.15) is 31.7 Å². The number of hydrogen-bond acceptors (Lipinski definition) is 3. The maximum Gasteiger partial charge on any atom is 0.124 e. The zero-order valence-corrected chi connectivity index (χ0v) is 12.2. The van der Waals surface area contributed by atoms with E-state index in [1.807, 2.05) is 18.2 Å². The fourth-order valence-corrected chi connectivity index (χ4v) is 3.64. The van der Waals surface area contributed by atoms with Crippen LogP contribution < -0.4 is 10.6 Å². The molecule has 0 bridgehead atoms. The van der Waals surface area contributed by atoms with Crippen molar-refractivity contribution in [2.75, 3.05) is 24.5 Å². The molecule has 3 rings (SSSR count). The highest BCUT2D eigenvalue weighted by molar-refractivity contribution is 6.00. The van der Waals surface area contributed by atoms with Crippen molar-refractivity contribution in [1.82, 2.24) is 4.90 Å². The molecule has 2 aliphatic rings. The Balaban J connectivity index is 1.88. The Morgan fingerprint density at radius 3 is 2.85 bits per heavy atom. The minimum absolute atomic E-state index is 0.166. The molecule has 2 heterocycles. The largest absolute Gasteiger partial charge is 0.384 e. The van der Waals surface area contributed by atoms with Gasteiger partial charge in [-0.1, -0.05) is 18.6 Å². The third kappa shape index (κ3) is 2.40. The molecular weight excluding hydrogens is 248 g/mol. The van der Waals surface area contributed by atoms with E-state index in [-0.39, 0.29) is 5.84 Å². The number of piperazine rings is 1. The van der Waals surface area contributed by atoms with Gasteiger partial charge in [-0.25, -0.2) is 0 Å². The standard InChI is InChI=1S/C16H24N4/c1-12-10-19-9-5-4-6-13(19)11-20(12)15-8-3-2-7-14(15)16(17)18/h2-3,7-8,12-13H,4-6,9-11H2,1H3,(H3,17,18). The van der Waals surface area contributed by atoms with Crippen LogP contribution in [-0.2, 0) is 0 Å². The van der Waals surface area contributed by atoms with Crippen LogP contribution in [0.4, 0.5) is 5.69 Å². The normalized spacial score (nSPS) is 27.1. The molecule has 3 N–H and O–H groups in total. The van der Waals surface area contributed by atoms with Crippen LogP contribution in [0.5, 0.6) is 0 Å². The van der Waals surface area contributed by atoms with Gasteiger partial charge < -0.3 is 10.6 Å². The lowest BCUT2D eigenvalue weighted by atomic mass is 9.96. The third-order valence-corrected chi connectivity index (χ3v) is 4.69. The van der Waals surface area contributed by atoms with Crippen molar-refractivity contribution in [3.8, 4) is 0 Å². The summed E-state index contributed by atoms with van der Waals surface area (Å²) in [5.41, 5.74) is 7.73. The predicted octanol–water partition coefficient (Wildman–Crippen LogP) is 2.03. The Morgan fingerprint density at radius 1 is 1.25 bits per heavy atom. The SMILES string of the molecule is CC1CN2CCCCC2CN1c1ccccc1C(=N)N. The number of nitrogens with one attached hydrogen (secondary N) is 1. The summed E-state index contributed by atoms with van der Waals surface area (Å²) in [6.45, 7) is 5.71. The van der Waals surface area contributed by atoms with Gasteiger partial charge in [0.15, 0.2) is 0 Å². The second-order valence-corrected chi connectivity index (χ2v) is 6.08. The lowest BCUT2D eigenvalue weighted by Crippen LogP contribution is -2.59. The number of hydrogen-bond donors (Lipinski definition) is 2. The van der Waals surface area contributed by atoms with Crippen molar-refractivity contribution >= 4 is 11.5 Å². The third-order valence-electron chi connectivity index (χ3n) is 4.69. The summed E-state index contributed by atoms with van der Waals surface area (Å²) in [6, 6.07) is 9.21. The fourth-order valence-electron chi connectivity index (χ4n) is 3.64. The highest BCUT2D eigenvalue weighted by atomic mass is 15.3. The van der Waals surface area contributed by atoms with Gasteiger partial charge >= 0.3 is 0 Å². The van der Waals surface area contributed by atoms with E-state index in [1.165, 1.54) is 25.8 Å². The van der Waals surface area contributed by atoms with E-state index in [4.69, 9.17) is 11.1 Å². The van der Waals surface area contributed by atoms with Crippen molar-refractivity contribution in [2.24, 2.45) is 5.73 Å². The van der Waals surface area contributed by atoms with E-state index in [2.05, 4.69) is 22.8 Å². The van der Waals surface area contributed by atoms with Crippen molar-refractivity contribution in [1.29, 1.82) is 5.41 Å². The summed E-state index contributed by atoms with van der Waals surface area (Å²) >= 11 is 0. The summed E-state index contributed by atoms with van der Waals surface area (Å²) < 4.78 is 0. The second-order valence-electron chi connectivity index (χ2n) is 6.08. The van der Waals surface area contributed by atoms with Crippen LogP contribution in [0.3, 0.4) is 0 Å². The van der Waals surface area contributed by atoms with Crippen LogP contribution in [-0.4, -0.2) is 42.5 Å². The summed E-state index contributed by atoms with van der Waals surface area (Å²) in [6.07, 6.45) is 3.98. The van der Waals surface area contributed by atoms with Crippen molar-refractivity contribution < 1.29 is 0 Å². The highest BCUT2D eigenvalue weighted by Gasteiger charge is 2.33. The molecule has 0 saturated carbocycles. The highest BCUT2D eigenvalue weighted by Crippen LogP contribution is 2.30. The number of anilines is 1. The van der Waals surface area contributed by atoms with E-state index in [9.17, 15) is 0 Å². The van der Waals surface area contributed by atoms with Gasteiger partial charge in [-0.2, -0.15) is 0 Å². The Labute approximate surface area is 121 Å². The zero-order valence-electron chi connectivity index (χ0n) is 12.2.